The van der Waals surface area contributed by atoms with E-state index >= 15 is 0 Å². The van der Waals surface area contributed by atoms with Gasteiger partial charge in [-0.05, 0) is 29.3 Å². The SMILES string of the molecule is N#CCc1cc(Cl)ncc1-c1ccc(OC(F)(F)F)cc1. The number of hydrogen-bond acceptors (Lipinski definition) is 3. The van der Waals surface area contributed by atoms with Gasteiger partial charge >= 0.3 is 6.36 Å². The molecule has 1 aromatic heterocycles. The molecule has 21 heavy (non-hydrogen) atoms. The molecule has 0 spiro atoms. The van der Waals surface area contributed by atoms with Gasteiger partial charge in [-0.2, -0.15) is 5.26 Å². The number of ether oxygens (including phenoxy) is 1. The maximum Gasteiger partial charge on any atom is 0.573 e. The van der Waals surface area contributed by atoms with Gasteiger partial charge in [-0.3, -0.25) is 0 Å². The molecule has 0 aliphatic heterocycles. The smallest absolute Gasteiger partial charge is 0.406 e. The Bertz CT molecular complexity index is 678. The summed E-state index contributed by atoms with van der Waals surface area (Å²) in [5, 5.41) is 9.05. The fourth-order valence-corrected chi connectivity index (χ4v) is 1.98. The van der Waals surface area contributed by atoms with E-state index in [9.17, 15) is 13.2 Å². The van der Waals surface area contributed by atoms with E-state index in [1.165, 1.54) is 30.5 Å². The molecule has 1 heterocycles. The van der Waals surface area contributed by atoms with Gasteiger partial charge in [0.15, 0.2) is 0 Å². The molecule has 108 valence electrons. The minimum Gasteiger partial charge on any atom is -0.406 e. The highest BCUT2D eigenvalue weighted by atomic mass is 35.5. The summed E-state index contributed by atoms with van der Waals surface area (Å²) in [6, 6.07) is 8.89. The van der Waals surface area contributed by atoms with Crippen molar-refractivity contribution in [3.05, 3.63) is 47.2 Å². The lowest BCUT2D eigenvalue weighted by Crippen LogP contribution is -2.16. The Morgan fingerprint density at radius 2 is 1.90 bits per heavy atom. The first-order valence-electron chi connectivity index (χ1n) is 5.76. The normalized spacial score (nSPS) is 11.0. The fourth-order valence-electron chi connectivity index (χ4n) is 1.80. The predicted molar refractivity (Wildman–Crippen MR) is 70.7 cm³/mol. The van der Waals surface area contributed by atoms with Crippen LogP contribution in [0.15, 0.2) is 36.5 Å². The minimum atomic E-state index is -4.73. The molecule has 2 rings (SSSR count). The summed E-state index contributed by atoms with van der Waals surface area (Å²) < 4.78 is 40.1. The van der Waals surface area contributed by atoms with Crippen LogP contribution in [0.1, 0.15) is 5.56 Å². The molecule has 0 fully saturated rings. The number of rotatable bonds is 3. The van der Waals surface area contributed by atoms with Crippen LogP contribution in [0.3, 0.4) is 0 Å². The van der Waals surface area contributed by atoms with Crippen molar-refractivity contribution >= 4 is 11.6 Å². The molecule has 0 aliphatic rings. The van der Waals surface area contributed by atoms with Crippen LogP contribution in [0.2, 0.25) is 5.15 Å². The molecule has 0 saturated heterocycles. The average molecular weight is 313 g/mol. The maximum absolute atomic E-state index is 12.1. The van der Waals surface area contributed by atoms with E-state index in [1.54, 1.807) is 6.07 Å². The Morgan fingerprint density at radius 1 is 1.24 bits per heavy atom. The second-order valence-corrected chi connectivity index (χ2v) is 4.46. The van der Waals surface area contributed by atoms with Crippen molar-refractivity contribution in [3.8, 4) is 22.9 Å². The number of nitrogens with zero attached hydrogens (tertiary/aromatic N) is 2. The molecule has 7 heteroatoms. The minimum absolute atomic E-state index is 0.123. The maximum atomic E-state index is 12.1. The van der Waals surface area contributed by atoms with Crippen molar-refractivity contribution in [2.24, 2.45) is 0 Å². The second kappa shape index (κ2) is 6.02. The first-order valence-corrected chi connectivity index (χ1v) is 6.14. The summed E-state index contributed by atoms with van der Waals surface area (Å²) in [5.74, 6) is -0.310. The first kappa shape index (κ1) is 15.1. The fraction of sp³-hybridized carbons (Fsp3) is 0.143. The summed E-state index contributed by atoms with van der Waals surface area (Å²) in [4.78, 5) is 3.93. The van der Waals surface area contributed by atoms with Crippen LogP contribution in [-0.2, 0) is 6.42 Å². The molecule has 0 radical (unpaired) electrons. The molecule has 0 N–H and O–H groups in total. The number of aromatic nitrogens is 1. The standard InChI is InChI=1S/C14H8ClF3N2O/c15-13-7-10(5-6-19)12(8-20-13)9-1-3-11(4-2-9)21-14(16,17)18/h1-4,7-8H,5H2. The Morgan fingerprint density at radius 3 is 2.48 bits per heavy atom. The van der Waals surface area contributed by atoms with Gasteiger partial charge in [0.1, 0.15) is 10.9 Å². The number of alkyl halides is 3. The van der Waals surface area contributed by atoms with Crippen LogP contribution in [0.4, 0.5) is 13.2 Å². The van der Waals surface area contributed by atoms with Crippen LogP contribution >= 0.6 is 11.6 Å². The van der Waals surface area contributed by atoms with Crippen molar-refractivity contribution in [1.29, 1.82) is 5.26 Å². The number of nitriles is 1. The van der Waals surface area contributed by atoms with Crippen molar-refractivity contribution in [3.63, 3.8) is 0 Å². The van der Waals surface area contributed by atoms with E-state index in [1.807, 2.05) is 6.07 Å². The lowest BCUT2D eigenvalue weighted by Gasteiger charge is -2.10. The predicted octanol–water partition coefficient (Wildman–Crippen LogP) is 4.37. The molecular weight excluding hydrogens is 305 g/mol. The van der Waals surface area contributed by atoms with E-state index < -0.39 is 6.36 Å². The van der Waals surface area contributed by atoms with Gasteiger partial charge < -0.3 is 4.74 Å². The highest BCUT2D eigenvalue weighted by molar-refractivity contribution is 6.29. The van der Waals surface area contributed by atoms with Crippen LogP contribution in [-0.4, -0.2) is 11.3 Å². The molecule has 0 aliphatic carbocycles. The quantitative estimate of drug-likeness (QED) is 0.791. The Labute approximate surface area is 123 Å². The van der Waals surface area contributed by atoms with E-state index in [2.05, 4.69) is 9.72 Å². The van der Waals surface area contributed by atoms with Crippen LogP contribution < -0.4 is 4.74 Å². The van der Waals surface area contributed by atoms with E-state index in [0.717, 1.165) is 0 Å². The molecule has 0 amide bonds. The van der Waals surface area contributed by atoms with Gasteiger partial charge in [0, 0.05) is 11.8 Å². The molecule has 2 aromatic rings. The third kappa shape index (κ3) is 4.10. The zero-order valence-corrected chi connectivity index (χ0v) is 11.2. The third-order valence-electron chi connectivity index (χ3n) is 2.62. The lowest BCUT2D eigenvalue weighted by molar-refractivity contribution is -0.274. The second-order valence-electron chi connectivity index (χ2n) is 4.07. The van der Waals surface area contributed by atoms with Crippen LogP contribution in [0.25, 0.3) is 11.1 Å². The zero-order chi connectivity index (χ0) is 15.5. The molecule has 0 unspecified atom stereocenters. The van der Waals surface area contributed by atoms with Gasteiger partial charge in [0.2, 0.25) is 0 Å². The van der Waals surface area contributed by atoms with Crippen molar-refractivity contribution in [2.75, 3.05) is 0 Å². The van der Waals surface area contributed by atoms with Gasteiger partial charge in [0.25, 0.3) is 0 Å². The third-order valence-corrected chi connectivity index (χ3v) is 2.83. The summed E-state index contributed by atoms with van der Waals surface area (Å²) >= 11 is 5.77. The molecular formula is C14H8ClF3N2O. The van der Waals surface area contributed by atoms with Crippen molar-refractivity contribution in [2.45, 2.75) is 12.8 Å². The highest BCUT2D eigenvalue weighted by Crippen LogP contribution is 2.29. The number of halogens is 4. The molecule has 0 saturated carbocycles. The van der Waals surface area contributed by atoms with Crippen molar-refractivity contribution < 1.29 is 17.9 Å². The zero-order valence-electron chi connectivity index (χ0n) is 10.5. The Hall–Kier alpha value is -2.26. The van der Waals surface area contributed by atoms with Crippen molar-refractivity contribution in [1.82, 2.24) is 4.98 Å². The van der Waals surface area contributed by atoms with E-state index in [4.69, 9.17) is 16.9 Å². The Balaban J connectivity index is 2.33. The number of hydrogen-bond donors (Lipinski definition) is 0. The van der Waals surface area contributed by atoms with E-state index in [0.29, 0.717) is 16.7 Å². The lowest BCUT2D eigenvalue weighted by atomic mass is 10.0. The molecule has 0 atom stereocenters. The van der Waals surface area contributed by atoms with Crippen LogP contribution in [0, 0.1) is 11.3 Å². The highest BCUT2D eigenvalue weighted by Gasteiger charge is 2.30. The topological polar surface area (TPSA) is 45.9 Å². The van der Waals surface area contributed by atoms with Gasteiger partial charge in [0.05, 0.1) is 12.5 Å². The summed E-state index contributed by atoms with van der Waals surface area (Å²) in [6.07, 6.45) is -3.12. The number of benzene rings is 1. The summed E-state index contributed by atoms with van der Waals surface area (Å²) in [5.41, 5.74) is 1.92. The summed E-state index contributed by atoms with van der Waals surface area (Å²) in [6.45, 7) is 0. The largest absolute Gasteiger partial charge is 0.573 e. The molecule has 0 bridgehead atoms. The van der Waals surface area contributed by atoms with Crippen LogP contribution in [0.5, 0.6) is 5.75 Å². The molecule has 1 aromatic carbocycles. The van der Waals surface area contributed by atoms with E-state index in [-0.39, 0.29) is 17.3 Å². The van der Waals surface area contributed by atoms with Gasteiger partial charge in [-0.25, -0.2) is 4.98 Å². The Kier molecular flexibility index (Phi) is 4.34. The first-order chi connectivity index (χ1) is 9.89. The molecule has 3 nitrogen and oxygen atoms in total. The monoisotopic (exact) mass is 312 g/mol. The summed E-state index contributed by atoms with van der Waals surface area (Å²) in [7, 11) is 0. The number of pyridine rings is 1. The van der Waals surface area contributed by atoms with Gasteiger partial charge in [-0.15, -0.1) is 13.2 Å². The van der Waals surface area contributed by atoms with Gasteiger partial charge in [-0.1, -0.05) is 23.7 Å². The average Bonchev–Trinajstić information content (AvgIpc) is 2.39.